The molecule has 1 saturated heterocycles. The molecule has 1 aromatic rings. The van der Waals surface area contributed by atoms with Crippen LogP contribution >= 0.6 is 35.3 Å². The number of aliphatic imine (C=N–C) groups is 1. The third-order valence-corrected chi connectivity index (χ3v) is 6.55. The van der Waals surface area contributed by atoms with Gasteiger partial charge in [0.1, 0.15) is 0 Å². The van der Waals surface area contributed by atoms with Gasteiger partial charge in [-0.05, 0) is 31.2 Å². The van der Waals surface area contributed by atoms with Gasteiger partial charge in [-0.3, -0.25) is 4.99 Å². The normalized spacial score (nSPS) is 17.4. The lowest BCUT2D eigenvalue weighted by molar-refractivity contribution is -0.0494. The topological polar surface area (TPSA) is 73.8 Å². The van der Waals surface area contributed by atoms with Crippen LogP contribution in [0.4, 0.5) is 13.2 Å². The highest BCUT2D eigenvalue weighted by atomic mass is 127. The van der Waals surface area contributed by atoms with Crippen LogP contribution in [0.5, 0.6) is 0 Å². The molecule has 1 aromatic heterocycles. The zero-order chi connectivity index (χ0) is 19.2. The number of guanidine groups is 1. The summed E-state index contributed by atoms with van der Waals surface area (Å²) in [6.07, 6.45) is 1.41. The average Bonchev–Trinajstić information content (AvgIpc) is 3.08. The fourth-order valence-corrected chi connectivity index (χ4v) is 4.32. The van der Waals surface area contributed by atoms with Crippen LogP contribution in [0.2, 0.25) is 0 Å². The molecule has 12 heteroatoms. The third kappa shape index (κ3) is 7.06. The van der Waals surface area contributed by atoms with Crippen molar-refractivity contribution in [3.05, 3.63) is 22.4 Å². The Labute approximate surface area is 178 Å². The van der Waals surface area contributed by atoms with Crippen LogP contribution in [-0.2, 0) is 16.4 Å². The first-order valence-corrected chi connectivity index (χ1v) is 10.7. The molecule has 1 aliphatic rings. The number of rotatable bonds is 6. The van der Waals surface area contributed by atoms with Crippen LogP contribution < -0.4 is 10.6 Å². The molecule has 0 amide bonds. The van der Waals surface area contributed by atoms with Gasteiger partial charge in [0.25, 0.3) is 0 Å². The highest BCUT2D eigenvalue weighted by molar-refractivity contribution is 14.0. The number of thiophene rings is 1. The molecule has 156 valence electrons. The average molecular weight is 540 g/mol. The summed E-state index contributed by atoms with van der Waals surface area (Å²) in [5, 5.41) is 8.30. The molecule has 1 fully saturated rings. The van der Waals surface area contributed by atoms with E-state index in [2.05, 4.69) is 15.6 Å². The highest BCUT2D eigenvalue weighted by Gasteiger charge is 2.50. The van der Waals surface area contributed by atoms with Crippen molar-refractivity contribution in [2.24, 2.45) is 4.99 Å². The fourth-order valence-electron chi connectivity index (χ4n) is 2.63. The van der Waals surface area contributed by atoms with E-state index in [0.717, 1.165) is 6.42 Å². The number of piperidine rings is 1. The molecule has 0 unspecified atom stereocenters. The minimum Gasteiger partial charge on any atom is -0.357 e. The molecule has 6 nitrogen and oxygen atoms in total. The Kier molecular flexibility index (Phi) is 9.79. The van der Waals surface area contributed by atoms with E-state index in [1.165, 1.54) is 4.88 Å². The van der Waals surface area contributed by atoms with Gasteiger partial charge in [0.05, 0.1) is 0 Å². The first-order chi connectivity index (χ1) is 12.2. The molecular weight excluding hydrogens is 516 g/mol. The standard InChI is InChI=1S/C15H23F3N4O2S2.HI/c1-2-19-14(20-8-5-13-4-3-11-25-13)21-12-6-9-22(10-7-12)26(23,24)15(16,17)18;/h3-4,11-12H,2,5-10H2,1H3,(H2,19,20,21);1H. The summed E-state index contributed by atoms with van der Waals surface area (Å²) in [6.45, 7) is 2.86. The van der Waals surface area contributed by atoms with Gasteiger partial charge in [-0.25, -0.2) is 8.42 Å². The van der Waals surface area contributed by atoms with Crippen molar-refractivity contribution in [2.45, 2.75) is 37.7 Å². The molecule has 0 aliphatic carbocycles. The van der Waals surface area contributed by atoms with E-state index < -0.39 is 15.5 Å². The lowest BCUT2D eigenvalue weighted by Crippen LogP contribution is -2.51. The fraction of sp³-hybridized carbons (Fsp3) is 0.667. The number of alkyl halides is 3. The van der Waals surface area contributed by atoms with E-state index in [9.17, 15) is 21.6 Å². The molecule has 0 aromatic carbocycles. The van der Waals surface area contributed by atoms with E-state index >= 15 is 0 Å². The maximum absolute atomic E-state index is 12.6. The lowest BCUT2D eigenvalue weighted by Gasteiger charge is -2.32. The molecule has 27 heavy (non-hydrogen) atoms. The number of hydrogen-bond donors (Lipinski definition) is 2. The zero-order valence-electron chi connectivity index (χ0n) is 14.8. The summed E-state index contributed by atoms with van der Waals surface area (Å²) in [6, 6.07) is 3.90. The molecule has 0 bridgehead atoms. The van der Waals surface area contributed by atoms with Crippen molar-refractivity contribution in [1.82, 2.24) is 14.9 Å². The quantitative estimate of drug-likeness (QED) is 0.331. The first-order valence-electron chi connectivity index (χ1n) is 8.37. The number of nitrogens with one attached hydrogen (secondary N) is 2. The van der Waals surface area contributed by atoms with Crippen molar-refractivity contribution in [1.29, 1.82) is 0 Å². The van der Waals surface area contributed by atoms with Gasteiger partial charge >= 0.3 is 15.5 Å². The molecule has 1 aliphatic heterocycles. The smallest absolute Gasteiger partial charge is 0.357 e. The summed E-state index contributed by atoms with van der Waals surface area (Å²) in [4.78, 5) is 5.71. The van der Waals surface area contributed by atoms with Crippen LogP contribution in [0.1, 0.15) is 24.6 Å². The molecule has 0 radical (unpaired) electrons. The number of sulfonamides is 1. The highest BCUT2D eigenvalue weighted by Crippen LogP contribution is 2.28. The third-order valence-electron chi connectivity index (χ3n) is 3.98. The Morgan fingerprint density at radius 1 is 1.37 bits per heavy atom. The summed E-state index contributed by atoms with van der Waals surface area (Å²) in [7, 11) is -5.24. The lowest BCUT2D eigenvalue weighted by atomic mass is 10.1. The number of halogens is 4. The van der Waals surface area contributed by atoms with E-state index in [1.807, 2.05) is 24.4 Å². The Bertz CT molecular complexity index is 688. The van der Waals surface area contributed by atoms with Gasteiger partial charge in [0.2, 0.25) is 0 Å². The second-order valence-corrected chi connectivity index (χ2v) is 8.82. The van der Waals surface area contributed by atoms with Gasteiger partial charge in [-0.15, -0.1) is 35.3 Å². The number of hydrogen-bond acceptors (Lipinski definition) is 4. The molecule has 2 heterocycles. The van der Waals surface area contributed by atoms with Gasteiger partial charge in [-0.2, -0.15) is 17.5 Å². The Morgan fingerprint density at radius 3 is 2.56 bits per heavy atom. The van der Waals surface area contributed by atoms with E-state index in [0.29, 0.717) is 36.2 Å². The Morgan fingerprint density at radius 2 is 2.04 bits per heavy atom. The molecule has 0 atom stereocenters. The van der Waals surface area contributed by atoms with E-state index in [-0.39, 0.29) is 43.1 Å². The summed E-state index contributed by atoms with van der Waals surface area (Å²) >= 11 is 1.66. The SMILES string of the molecule is CCNC(=NCCc1cccs1)NC1CCN(S(=O)(=O)C(F)(F)F)CC1.I. The van der Waals surface area contributed by atoms with Gasteiger partial charge in [-0.1, -0.05) is 6.07 Å². The Hall–Kier alpha value is -0.600. The van der Waals surface area contributed by atoms with E-state index in [1.54, 1.807) is 11.3 Å². The van der Waals surface area contributed by atoms with Gasteiger partial charge in [0, 0.05) is 43.5 Å². The minimum atomic E-state index is -5.24. The van der Waals surface area contributed by atoms with Crippen molar-refractivity contribution in [3.8, 4) is 0 Å². The summed E-state index contributed by atoms with van der Waals surface area (Å²) in [5.74, 6) is 0.598. The largest absolute Gasteiger partial charge is 0.511 e. The Balaban J connectivity index is 0.00000364. The van der Waals surface area contributed by atoms with Crippen molar-refractivity contribution in [2.75, 3.05) is 26.2 Å². The predicted molar refractivity (Wildman–Crippen MR) is 112 cm³/mol. The van der Waals surface area contributed by atoms with Crippen molar-refractivity contribution < 1.29 is 21.6 Å². The maximum atomic E-state index is 12.6. The van der Waals surface area contributed by atoms with Crippen LogP contribution in [0.25, 0.3) is 0 Å². The second kappa shape index (κ2) is 10.8. The monoisotopic (exact) mass is 540 g/mol. The van der Waals surface area contributed by atoms with Crippen molar-refractivity contribution >= 4 is 51.3 Å². The van der Waals surface area contributed by atoms with E-state index in [4.69, 9.17) is 0 Å². The van der Waals surface area contributed by atoms with Crippen LogP contribution in [0.3, 0.4) is 0 Å². The zero-order valence-corrected chi connectivity index (χ0v) is 18.8. The molecule has 0 spiro atoms. The number of nitrogens with zero attached hydrogens (tertiary/aromatic N) is 2. The second-order valence-electron chi connectivity index (χ2n) is 5.86. The van der Waals surface area contributed by atoms with Crippen LogP contribution in [0.15, 0.2) is 22.5 Å². The molecule has 2 N–H and O–H groups in total. The molecule has 2 rings (SSSR count). The first kappa shape index (κ1) is 24.4. The van der Waals surface area contributed by atoms with Crippen molar-refractivity contribution in [3.63, 3.8) is 0 Å². The van der Waals surface area contributed by atoms with Gasteiger partial charge in [0.15, 0.2) is 5.96 Å². The molecular formula is C15H24F3IN4O2S2. The maximum Gasteiger partial charge on any atom is 0.511 e. The molecule has 0 saturated carbocycles. The van der Waals surface area contributed by atoms with Crippen LogP contribution in [-0.4, -0.2) is 56.4 Å². The predicted octanol–water partition coefficient (Wildman–Crippen LogP) is 2.78. The minimum absolute atomic E-state index is 0. The van der Waals surface area contributed by atoms with Crippen LogP contribution in [0, 0.1) is 0 Å². The summed E-state index contributed by atoms with van der Waals surface area (Å²) in [5.41, 5.74) is -5.24. The van der Waals surface area contributed by atoms with Gasteiger partial charge < -0.3 is 10.6 Å². The summed E-state index contributed by atoms with van der Waals surface area (Å²) < 4.78 is 61.2.